The molecule has 0 radical (unpaired) electrons. The molecule has 0 saturated carbocycles. The summed E-state index contributed by atoms with van der Waals surface area (Å²) in [5, 5.41) is 19.5. The number of hydrogen-bond donors (Lipinski definition) is 3. The lowest BCUT2D eigenvalue weighted by Crippen LogP contribution is -2.18. The number of aromatic amines is 1. The minimum absolute atomic E-state index is 0.190. The Morgan fingerprint density at radius 2 is 2.31 bits per heavy atom. The van der Waals surface area contributed by atoms with E-state index in [0.717, 1.165) is 17.8 Å². The van der Waals surface area contributed by atoms with Gasteiger partial charge in [-0.1, -0.05) is 12.1 Å². The van der Waals surface area contributed by atoms with Crippen molar-refractivity contribution in [1.82, 2.24) is 15.5 Å². The second kappa shape index (κ2) is 4.81. The number of rotatable bonds is 4. The van der Waals surface area contributed by atoms with Gasteiger partial charge in [-0.3, -0.25) is 5.10 Å². The van der Waals surface area contributed by atoms with Gasteiger partial charge in [0, 0.05) is 24.5 Å². The van der Waals surface area contributed by atoms with E-state index in [4.69, 9.17) is 0 Å². The number of nitrogens with zero attached hydrogens (tertiary/aromatic N) is 1. The third kappa shape index (κ3) is 2.61. The first-order chi connectivity index (χ1) is 7.75. The van der Waals surface area contributed by atoms with Gasteiger partial charge in [-0.25, -0.2) is 0 Å². The van der Waals surface area contributed by atoms with Crippen LogP contribution in [-0.2, 0) is 6.54 Å². The van der Waals surface area contributed by atoms with Crippen LogP contribution in [0.4, 0.5) is 0 Å². The molecular weight excluding hydrogens is 202 g/mol. The van der Waals surface area contributed by atoms with Crippen LogP contribution in [0.2, 0.25) is 0 Å². The quantitative estimate of drug-likeness (QED) is 0.733. The molecule has 1 aromatic carbocycles. The number of aromatic hydroxyl groups is 1. The molecule has 1 unspecified atom stereocenters. The van der Waals surface area contributed by atoms with E-state index in [1.165, 1.54) is 0 Å². The number of nitrogens with one attached hydrogen (secondary N) is 2. The van der Waals surface area contributed by atoms with Crippen molar-refractivity contribution in [3.8, 4) is 5.75 Å². The van der Waals surface area contributed by atoms with E-state index in [1.54, 1.807) is 18.3 Å². The maximum absolute atomic E-state index is 9.37. The maximum atomic E-state index is 9.37. The van der Waals surface area contributed by atoms with Crippen molar-refractivity contribution >= 4 is 0 Å². The Hall–Kier alpha value is -1.81. The van der Waals surface area contributed by atoms with E-state index >= 15 is 0 Å². The summed E-state index contributed by atoms with van der Waals surface area (Å²) in [4.78, 5) is 0. The second-order valence-electron chi connectivity index (χ2n) is 3.78. The fourth-order valence-corrected chi connectivity index (χ4v) is 1.56. The van der Waals surface area contributed by atoms with E-state index in [0.29, 0.717) is 5.75 Å². The standard InChI is InChI=1S/C12H15N3O/c1-9(10-3-2-4-12(16)7-10)13-8-11-5-6-14-15-11/h2-7,9,13,16H,8H2,1H3,(H,14,15). The highest BCUT2D eigenvalue weighted by Gasteiger charge is 2.05. The van der Waals surface area contributed by atoms with Crippen molar-refractivity contribution in [2.24, 2.45) is 0 Å². The molecule has 3 N–H and O–H groups in total. The summed E-state index contributed by atoms with van der Waals surface area (Å²) in [7, 11) is 0. The van der Waals surface area contributed by atoms with E-state index < -0.39 is 0 Å². The van der Waals surface area contributed by atoms with Gasteiger partial charge in [0.05, 0.1) is 0 Å². The molecular formula is C12H15N3O. The molecule has 2 rings (SSSR count). The van der Waals surface area contributed by atoms with Crippen LogP contribution in [0.15, 0.2) is 36.5 Å². The van der Waals surface area contributed by atoms with Gasteiger partial charge in [0.25, 0.3) is 0 Å². The van der Waals surface area contributed by atoms with Crippen LogP contribution in [0.3, 0.4) is 0 Å². The first kappa shape index (κ1) is 10.7. The maximum Gasteiger partial charge on any atom is 0.115 e. The van der Waals surface area contributed by atoms with Gasteiger partial charge in [-0.2, -0.15) is 5.10 Å². The topological polar surface area (TPSA) is 60.9 Å². The van der Waals surface area contributed by atoms with Gasteiger partial charge in [-0.15, -0.1) is 0 Å². The lowest BCUT2D eigenvalue weighted by Gasteiger charge is -2.13. The van der Waals surface area contributed by atoms with E-state index in [1.807, 2.05) is 18.2 Å². The molecule has 0 spiro atoms. The first-order valence-corrected chi connectivity index (χ1v) is 5.26. The van der Waals surface area contributed by atoms with Crippen molar-refractivity contribution in [2.75, 3.05) is 0 Å². The predicted octanol–water partition coefficient (Wildman–Crippen LogP) is 1.97. The zero-order valence-corrected chi connectivity index (χ0v) is 9.14. The molecule has 4 heteroatoms. The Balaban J connectivity index is 1.95. The summed E-state index contributed by atoms with van der Waals surface area (Å²) in [6, 6.07) is 9.40. The van der Waals surface area contributed by atoms with Gasteiger partial charge >= 0.3 is 0 Å². The minimum atomic E-state index is 0.190. The molecule has 0 fully saturated rings. The summed E-state index contributed by atoms with van der Waals surface area (Å²) >= 11 is 0. The van der Waals surface area contributed by atoms with Crippen molar-refractivity contribution in [3.63, 3.8) is 0 Å². The third-order valence-corrected chi connectivity index (χ3v) is 2.53. The van der Waals surface area contributed by atoms with Crippen molar-refractivity contribution < 1.29 is 5.11 Å². The molecule has 0 amide bonds. The highest BCUT2D eigenvalue weighted by molar-refractivity contribution is 5.29. The molecule has 1 aromatic heterocycles. The summed E-state index contributed by atoms with van der Waals surface area (Å²) in [6.07, 6.45) is 1.73. The number of aromatic nitrogens is 2. The van der Waals surface area contributed by atoms with Gasteiger partial charge in [0.2, 0.25) is 0 Å². The molecule has 0 saturated heterocycles. The number of phenolic OH excluding ortho intramolecular Hbond substituents is 1. The van der Waals surface area contributed by atoms with E-state index in [2.05, 4.69) is 22.4 Å². The van der Waals surface area contributed by atoms with Crippen molar-refractivity contribution in [1.29, 1.82) is 0 Å². The Kier molecular flexibility index (Phi) is 3.22. The van der Waals surface area contributed by atoms with Crippen LogP contribution >= 0.6 is 0 Å². The molecule has 1 heterocycles. The number of benzene rings is 1. The molecule has 4 nitrogen and oxygen atoms in total. The lowest BCUT2D eigenvalue weighted by atomic mass is 10.1. The van der Waals surface area contributed by atoms with Gasteiger partial charge < -0.3 is 10.4 Å². The third-order valence-electron chi connectivity index (χ3n) is 2.53. The largest absolute Gasteiger partial charge is 0.508 e. The molecule has 16 heavy (non-hydrogen) atoms. The Labute approximate surface area is 94.3 Å². The van der Waals surface area contributed by atoms with Crippen LogP contribution < -0.4 is 5.32 Å². The summed E-state index contributed by atoms with van der Waals surface area (Å²) in [6.45, 7) is 2.79. The van der Waals surface area contributed by atoms with Crippen molar-refractivity contribution in [2.45, 2.75) is 19.5 Å². The van der Waals surface area contributed by atoms with Gasteiger partial charge in [0.1, 0.15) is 5.75 Å². The first-order valence-electron chi connectivity index (χ1n) is 5.26. The van der Waals surface area contributed by atoms with Gasteiger partial charge in [-0.05, 0) is 30.7 Å². The molecule has 0 aliphatic carbocycles. The van der Waals surface area contributed by atoms with Crippen LogP contribution in [-0.4, -0.2) is 15.3 Å². The summed E-state index contributed by atoms with van der Waals surface area (Å²) < 4.78 is 0. The van der Waals surface area contributed by atoms with Crippen LogP contribution in [0, 0.1) is 0 Å². The average Bonchev–Trinajstić information content (AvgIpc) is 2.78. The second-order valence-corrected chi connectivity index (χ2v) is 3.78. The fraction of sp³-hybridized carbons (Fsp3) is 0.250. The molecule has 0 bridgehead atoms. The van der Waals surface area contributed by atoms with Crippen LogP contribution in [0.5, 0.6) is 5.75 Å². The van der Waals surface area contributed by atoms with Crippen molar-refractivity contribution in [3.05, 3.63) is 47.8 Å². The highest BCUT2D eigenvalue weighted by Crippen LogP contribution is 2.17. The van der Waals surface area contributed by atoms with Gasteiger partial charge in [0.15, 0.2) is 0 Å². The molecule has 0 aliphatic heterocycles. The van der Waals surface area contributed by atoms with Crippen LogP contribution in [0.1, 0.15) is 24.2 Å². The SMILES string of the molecule is CC(NCc1ccn[nH]1)c1cccc(O)c1. The van der Waals surface area contributed by atoms with E-state index in [9.17, 15) is 5.11 Å². The number of hydrogen-bond acceptors (Lipinski definition) is 3. The molecule has 1 atom stereocenters. The monoisotopic (exact) mass is 217 g/mol. The fourth-order valence-electron chi connectivity index (χ4n) is 1.56. The van der Waals surface area contributed by atoms with Crippen LogP contribution in [0.25, 0.3) is 0 Å². The normalized spacial score (nSPS) is 12.6. The van der Waals surface area contributed by atoms with E-state index in [-0.39, 0.29) is 6.04 Å². The lowest BCUT2D eigenvalue weighted by molar-refractivity contribution is 0.472. The average molecular weight is 217 g/mol. The number of phenols is 1. The zero-order valence-electron chi connectivity index (χ0n) is 9.14. The summed E-state index contributed by atoms with van der Waals surface area (Å²) in [5.41, 5.74) is 2.12. The Morgan fingerprint density at radius 3 is 3.00 bits per heavy atom. The highest BCUT2D eigenvalue weighted by atomic mass is 16.3. The molecule has 2 aromatic rings. The predicted molar refractivity (Wildman–Crippen MR) is 61.9 cm³/mol. The Bertz CT molecular complexity index is 439. The Morgan fingerprint density at radius 1 is 1.44 bits per heavy atom. The minimum Gasteiger partial charge on any atom is -0.508 e. The summed E-state index contributed by atoms with van der Waals surface area (Å²) in [5.74, 6) is 0.299. The molecule has 84 valence electrons. The zero-order chi connectivity index (χ0) is 11.4. The molecule has 0 aliphatic rings. The number of H-pyrrole nitrogens is 1. The smallest absolute Gasteiger partial charge is 0.115 e.